The first-order valence-electron chi connectivity index (χ1n) is 17.6. The zero-order valence-corrected chi connectivity index (χ0v) is 31.1. The van der Waals surface area contributed by atoms with Crippen molar-refractivity contribution in [1.29, 1.82) is 21.0 Å². The molecule has 2 aliphatic carbocycles. The molecule has 2 aliphatic rings. The molecule has 0 aromatic heterocycles. The molecule has 5 aromatic rings. The van der Waals surface area contributed by atoms with Gasteiger partial charge in [0.1, 0.15) is 12.1 Å². The van der Waals surface area contributed by atoms with Crippen LogP contribution in [0.15, 0.2) is 97.1 Å². The maximum Gasteiger partial charge on any atom is 0.417 e. The van der Waals surface area contributed by atoms with Gasteiger partial charge in [0.05, 0.1) is 71.8 Å². The Kier molecular flexibility index (Phi) is 10.1. The molecule has 0 heterocycles. The number of alkyl halides is 6. The van der Waals surface area contributed by atoms with Crippen LogP contribution in [0.5, 0.6) is 0 Å². The average Bonchev–Trinajstić information content (AvgIpc) is 3.78. The van der Waals surface area contributed by atoms with Gasteiger partial charge in [-0.3, -0.25) is 0 Å². The molecule has 62 heavy (non-hydrogen) atoms. The number of nitrogens with zero attached hydrogens (tertiary/aromatic N) is 8. The van der Waals surface area contributed by atoms with Crippen molar-refractivity contribution in [2.75, 3.05) is 0 Å². The third-order valence-corrected chi connectivity index (χ3v) is 10.0. The molecule has 0 fully saturated rings. The van der Waals surface area contributed by atoms with Crippen LogP contribution >= 0.6 is 0 Å². The molecular weight excluding hydrogens is 803 g/mol. The molecule has 7 rings (SSSR count). The maximum atomic E-state index is 16.6. The van der Waals surface area contributed by atoms with Crippen molar-refractivity contribution >= 4 is 56.2 Å². The average molecular weight is 819 g/mol. The summed E-state index contributed by atoms with van der Waals surface area (Å²) in [7, 11) is 0. The van der Waals surface area contributed by atoms with Gasteiger partial charge >= 0.3 is 12.4 Å². The first-order valence-corrected chi connectivity index (χ1v) is 17.6. The Bertz CT molecular complexity index is 3060. The van der Waals surface area contributed by atoms with Crippen LogP contribution in [0.25, 0.3) is 64.2 Å². The zero-order chi connectivity index (χ0) is 44.7. The summed E-state index contributed by atoms with van der Waals surface area (Å²) in [5, 5.41) is 41.4. The molecule has 8 nitrogen and oxygen atoms in total. The smallest absolute Gasteiger partial charge is 0.239 e. The fourth-order valence-electron chi connectivity index (χ4n) is 7.83. The second-order valence-electron chi connectivity index (χ2n) is 13.4. The van der Waals surface area contributed by atoms with Crippen molar-refractivity contribution in [2.24, 2.45) is 0 Å². The molecule has 0 saturated carbocycles. The SMILES string of the molecule is [C-]#[N+]C1=C(c2ccccc2)/C(=C(/C#N)c2cc([N+]#[C-])cc([N+]#[C-])c2)c2c1c(C(F)(F)F)c1c(c2C(F)(F)F)/C(=C(\[N+]#[C-])c2cc(C#N)cc(C#N)c2)C(c2ccccc2)=C1C#N. The summed E-state index contributed by atoms with van der Waals surface area (Å²) >= 11 is 0. The van der Waals surface area contributed by atoms with Crippen molar-refractivity contribution < 1.29 is 26.3 Å². The monoisotopic (exact) mass is 818 g/mol. The van der Waals surface area contributed by atoms with E-state index in [1.54, 1.807) is 18.2 Å². The van der Waals surface area contributed by atoms with E-state index in [-0.39, 0.29) is 44.8 Å². The van der Waals surface area contributed by atoms with Gasteiger partial charge in [-0.25, -0.2) is 19.4 Å². The van der Waals surface area contributed by atoms with Crippen LogP contribution < -0.4 is 0 Å². The minimum atomic E-state index is -5.68. The molecule has 5 aromatic carbocycles. The van der Waals surface area contributed by atoms with E-state index in [1.807, 2.05) is 6.07 Å². The summed E-state index contributed by atoms with van der Waals surface area (Å²) < 4.78 is 98.4. The fourth-order valence-corrected chi connectivity index (χ4v) is 7.83. The lowest BCUT2D eigenvalue weighted by Gasteiger charge is -2.26. The molecule has 0 aliphatic heterocycles. The van der Waals surface area contributed by atoms with Crippen LogP contribution in [0.3, 0.4) is 0 Å². The highest BCUT2D eigenvalue weighted by Crippen LogP contribution is 2.64. The maximum absolute atomic E-state index is 16.6. The highest BCUT2D eigenvalue weighted by atomic mass is 19.4. The fraction of sp³-hybridized carbons (Fsp3) is 0.0417. The van der Waals surface area contributed by atoms with E-state index in [2.05, 4.69) is 19.4 Å². The standard InChI is InChI=1S/C48H16F6N8/c1-59-31-18-29(19-32(20-31)60-2)33(23-57)37-36(28-13-9-6-10-14-28)46(62-4)42-39(37)44(48(52,53)54)40-38(43(42)47(49,50)51)34(24-58)35(27-11-7-5-8-12-27)41(40)45(61-3)30-16-25(21-55)15-26(17-30)22-56/h5-20H/b37-33+,45-41-. The van der Waals surface area contributed by atoms with E-state index in [0.29, 0.717) is 0 Å². The van der Waals surface area contributed by atoms with Crippen LogP contribution in [0.1, 0.15) is 66.8 Å². The number of nitriles is 4. The summed E-state index contributed by atoms with van der Waals surface area (Å²) in [6, 6.07) is 27.6. The summed E-state index contributed by atoms with van der Waals surface area (Å²) in [5.74, 6) is 0. The molecule has 0 unspecified atom stereocenters. The third-order valence-electron chi connectivity index (χ3n) is 10.0. The molecule has 0 bridgehead atoms. The van der Waals surface area contributed by atoms with E-state index in [9.17, 15) is 21.0 Å². The van der Waals surface area contributed by atoms with Gasteiger partial charge in [0.2, 0.25) is 11.4 Å². The van der Waals surface area contributed by atoms with Crippen LogP contribution in [0.2, 0.25) is 0 Å². The first-order chi connectivity index (χ1) is 29.7. The summed E-state index contributed by atoms with van der Waals surface area (Å²) in [5.41, 5.74) is -16.3. The number of hydrogen-bond acceptors (Lipinski definition) is 4. The van der Waals surface area contributed by atoms with Crippen molar-refractivity contribution in [2.45, 2.75) is 12.4 Å². The number of allylic oxidation sites excluding steroid dienone is 6. The van der Waals surface area contributed by atoms with Gasteiger partial charge in [-0.15, -0.1) is 0 Å². The topological polar surface area (TPSA) is 113 Å². The molecule has 0 radical (unpaired) electrons. The highest BCUT2D eigenvalue weighted by molar-refractivity contribution is 6.35. The van der Waals surface area contributed by atoms with Crippen LogP contribution in [0.4, 0.5) is 37.7 Å². The van der Waals surface area contributed by atoms with Crippen molar-refractivity contribution in [1.82, 2.24) is 0 Å². The Hall–Kier alpha value is -9.44. The molecule has 14 heteroatoms. The predicted molar refractivity (Wildman–Crippen MR) is 216 cm³/mol. The molecule has 0 amide bonds. The quantitative estimate of drug-likeness (QED) is 0.102. The van der Waals surface area contributed by atoms with Crippen molar-refractivity contribution in [3.05, 3.63) is 209 Å². The number of fused-ring (bicyclic) bond motifs is 2. The molecule has 0 N–H and O–H groups in total. The van der Waals surface area contributed by atoms with Crippen LogP contribution in [-0.4, -0.2) is 0 Å². The summed E-state index contributed by atoms with van der Waals surface area (Å²) in [6.45, 7) is 31.9. The Labute approximate surface area is 348 Å². The van der Waals surface area contributed by atoms with Crippen molar-refractivity contribution in [3.63, 3.8) is 0 Å². The number of hydrogen-bond donors (Lipinski definition) is 0. The normalized spacial score (nSPS) is 14.4. The second-order valence-corrected chi connectivity index (χ2v) is 13.4. The molecular formula is C48H16F6N8. The minimum absolute atomic E-state index is 0.0680. The van der Waals surface area contributed by atoms with Gasteiger partial charge in [0.15, 0.2) is 11.4 Å². The number of benzene rings is 5. The minimum Gasteiger partial charge on any atom is -0.239 e. The van der Waals surface area contributed by atoms with Crippen LogP contribution in [0, 0.1) is 71.6 Å². The Morgan fingerprint density at radius 1 is 0.516 bits per heavy atom. The van der Waals surface area contributed by atoms with Gasteiger partial charge < -0.3 is 0 Å². The lowest BCUT2D eigenvalue weighted by Crippen LogP contribution is -2.20. The molecule has 290 valence electrons. The van der Waals surface area contributed by atoms with E-state index in [0.717, 1.165) is 36.4 Å². The summed E-state index contributed by atoms with van der Waals surface area (Å²) in [4.78, 5) is 13.6. The van der Waals surface area contributed by atoms with E-state index in [1.165, 1.54) is 60.7 Å². The van der Waals surface area contributed by atoms with Gasteiger partial charge in [-0.2, -0.15) is 47.4 Å². The zero-order valence-electron chi connectivity index (χ0n) is 31.1. The van der Waals surface area contributed by atoms with Gasteiger partial charge in [0, 0.05) is 11.1 Å². The molecule has 0 saturated heterocycles. The van der Waals surface area contributed by atoms with Gasteiger partial charge in [-0.05, 0) is 73.9 Å². The van der Waals surface area contributed by atoms with E-state index >= 15 is 26.3 Å². The predicted octanol–water partition coefficient (Wildman–Crippen LogP) is 13.0. The lowest BCUT2D eigenvalue weighted by atomic mass is 9.80. The second kappa shape index (κ2) is 15.4. The first kappa shape index (κ1) is 40.7. The Morgan fingerprint density at radius 3 is 1.45 bits per heavy atom. The lowest BCUT2D eigenvalue weighted by molar-refractivity contribution is -0.141. The van der Waals surface area contributed by atoms with E-state index in [4.69, 9.17) is 26.3 Å². The van der Waals surface area contributed by atoms with E-state index < -0.39 is 90.6 Å². The third kappa shape index (κ3) is 6.47. The largest absolute Gasteiger partial charge is 0.417 e. The highest BCUT2D eigenvalue weighted by Gasteiger charge is 2.53. The van der Waals surface area contributed by atoms with Crippen LogP contribution in [-0.2, 0) is 12.4 Å². The Morgan fingerprint density at radius 2 is 1.02 bits per heavy atom. The Balaban J connectivity index is 1.88. The summed E-state index contributed by atoms with van der Waals surface area (Å²) in [6.07, 6.45) is -11.3. The molecule has 0 spiro atoms. The van der Waals surface area contributed by atoms with Gasteiger partial charge in [-0.1, -0.05) is 78.9 Å². The van der Waals surface area contributed by atoms with Crippen molar-refractivity contribution in [3.8, 4) is 24.3 Å². The number of rotatable bonds is 4. The molecule has 0 atom stereocenters. The van der Waals surface area contributed by atoms with Gasteiger partial charge in [0.25, 0.3) is 0 Å². The number of halogens is 6.